The minimum atomic E-state index is -1.74. The zero-order valence-corrected chi connectivity index (χ0v) is 11.8. The smallest absolute Gasteiger partial charge is 0.335 e. The second kappa shape index (κ2) is 6.09. The number of carbonyl (C=O) groups is 2. The van der Waals surface area contributed by atoms with E-state index >= 15 is 0 Å². The summed E-state index contributed by atoms with van der Waals surface area (Å²) < 4.78 is 5.33. The summed E-state index contributed by atoms with van der Waals surface area (Å²) in [5.41, 5.74) is -1.39. The van der Waals surface area contributed by atoms with Gasteiger partial charge in [0.15, 0.2) is 5.60 Å². The number of likely N-dealkylation sites (tertiary alicyclic amines) is 1. The van der Waals surface area contributed by atoms with Crippen molar-refractivity contribution in [2.45, 2.75) is 25.4 Å². The van der Waals surface area contributed by atoms with Crippen LogP contribution in [0.4, 0.5) is 0 Å². The third-order valence-corrected chi connectivity index (χ3v) is 3.56. The molecule has 2 N–H and O–H groups in total. The molecule has 7 heteroatoms. The molecule has 0 atom stereocenters. The lowest BCUT2D eigenvalue weighted by Gasteiger charge is -2.35. The van der Waals surface area contributed by atoms with E-state index in [-0.39, 0.29) is 37.7 Å². The van der Waals surface area contributed by atoms with Gasteiger partial charge in [-0.15, -0.1) is 0 Å². The van der Waals surface area contributed by atoms with Crippen LogP contribution in [-0.4, -0.2) is 57.3 Å². The Morgan fingerprint density at radius 1 is 1.43 bits per heavy atom. The summed E-state index contributed by atoms with van der Waals surface area (Å²) in [5, 5.41) is 18.9. The van der Waals surface area contributed by atoms with Gasteiger partial charge in [0.25, 0.3) is 5.91 Å². The molecule has 2 heterocycles. The number of amides is 1. The number of piperidine rings is 1. The van der Waals surface area contributed by atoms with E-state index in [4.69, 9.17) is 9.84 Å². The van der Waals surface area contributed by atoms with Gasteiger partial charge in [0.1, 0.15) is 5.56 Å². The third-order valence-electron chi connectivity index (χ3n) is 3.56. The molecule has 1 aromatic rings. The first kappa shape index (κ1) is 15.2. The molecule has 1 aromatic heterocycles. The van der Waals surface area contributed by atoms with Crippen LogP contribution in [0.5, 0.6) is 5.88 Å². The number of nitrogens with zero attached hydrogens (tertiary/aromatic N) is 2. The maximum Gasteiger partial charge on any atom is 0.335 e. The number of pyridine rings is 1. The largest absolute Gasteiger partial charge is 0.479 e. The fourth-order valence-electron chi connectivity index (χ4n) is 2.27. The van der Waals surface area contributed by atoms with Crippen LogP contribution in [-0.2, 0) is 4.79 Å². The van der Waals surface area contributed by atoms with Gasteiger partial charge in [-0.3, -0.25) is 4.79 Å². The number of carbonyl (C=O) groups excluding carboxylic acids is 1. The van der Waals surface area contributed by atoms with Crippen molar-refractivity contribution in [2.24, 2.45) is 0 Å². The Bertz CT molecular complexity index is 538. The lowest BCUT2D eigenvalue weighted by atomic mass is 9.91. The normalized spacial score (nSPS) is 17.3. The summed E-state index contributed by atoms with van der Waals surface area (Å²) >= 11 is 0. The molecule has 21 heavy (non-hydrogen) atoms. The van der Waals surface area contributed by atoms with E-state index in [2.05, 4.69) is 4.98 Å². The lowest BCUT2D eigenvalue weighted by Crippen LogP contribution is -2.50. The highest BCUT2D eigenvalue weighted by molar-refractivity contribution is 5.96. The van der Waals surface area contributed by atoms with E-state index in [1.807, 2.05) is 0 Å². The molecule has 0 aromatic carbocycles. The third kappa shape index (κ3) is 3.13. The van der Waals surface area contributed by atoms with Crippen molar-refractivity contribution < 1.29 is 24.5 Å². The highest BCUT2D eigenvalue weighted by atomic mass is 16.5. The zero-order valence-electron chi connectivity index (χ0n) is 11.8. The second-order valence-corrected chi connectivity index (χ2v) is 4.92. The summed E-state index contributed by atoms with van der Waals surface area (Å²) in [5.74, 6) is -1.24. The fourth-order valence-corrected chi connectivity index (χ4v) is 2.27. The number of hydrogen-bond acceptors (Lipinski definition) is 5. The number of aliphatic carboxylic acids is 1. The molecule has 1 amide bonds. The summed E-state index contributed by atoms with van der Waals surface area (Å²) in [7, 11) is 0. The number of hydrogen-bond donors (Lipinski definition) is 2. The van der Waals surface area contributed by atoms with E-state index in [0.717, 1.165) is 0 Å². The maximum absolute atomic E-state index is 12.5. The molecular formula is C14H18N2O5. The zero-order chi connectivity index (χ0) is 15.5. The molecule has 0 aliphatic carbocycles. The Balaban J connectivity index is 2.11. The molecule has 1 saturated heterocycles. The number of carboxylic acid groups (broad SMARTS) is 1. The Kier molecular flexibility index (Phi) is 4.42. The van der Waals surface area contributed by atoms with Crippen molar-refractivity contribution in [1.82, 2.24) is 9.88 Å². The van der Waals surface area contributed by atoms with Gasteiger partial charge in [0, 0.05) is 32.1 Å². The van der Waals surface area contributed by atoms with Gasteiger partial charge < -0.3 is 19.8 Å². The van der Waals surface area contributed by atoms with Gasteiger partial charge in [-0.25, -0.2) is 9.78 Å². The monoisotopic (exact) mass is 294 g/mol. The van der Waals surface area contributed by atoms with Crippen molar-refractivity contribution in [3.63, 3.8) is 0 Å². The van der Waals surface area contributed by atoms with E-state index in [1.54, 1.807) is 25.3 Å². The quantitative estimate of drug-likeness (QED) is 0.840. The minimum Gasteiger partial charge on any atom is -0.479 e. The Labute approximate surface area is 122 Å². The van der Waals surface area contributed by atoms with Crippen molar-refractivity contribution in [3.05, 3.63) is 23.9 Å². The van der Waals surface area contributed by atoms with Crippen LogP contribution in [0.25, 0.3) is 0 Å². The molecule has 0 radical (unpaired) electrons. The van der Waals surface area contributed by atoms with Gasteiger partial charge in [0.05, 0.1) is 6.61 Å². The number of rotatable bonds is 4. The van der Waals surface area contributed by atoms with Gasteiger partial charge in [0.2, 0.25) is 5.88 Å². The van der Waals surface area contributed by atoms with E-state index in [0.29, 0.717) is 12.2 Å². The standard InChI is InChI=1S/C14H18N2O5/c1-2-21-11-10(4-3-7-15-11)12(17)16-8-5-14(20,6-9-16)13(18)19/h3-4,7,20H,2,5-6,8-9H2,1H3,(H,18,19). The van der Waals surface area contributed by atoms with Crippen molar-refractivity contribution in [2.75, 3.05) is 19.7 Å². The lowest BCUT2D eigenvalue weighted by molar-refractivity contribution is -0.162. The Morgan fingerprint density at radius 3 is 2.67 bits per heavy atom. The minimum absolute atomic E-state index is 0.0122. The highest BCUT2D eigenvalue weighted by Gasteiger charge is 2.40. The van der Waals surface area contributed by atoms with Crippen molar-refractivity contribution >= 4 is 11.9 Å². The van der Waals surface area contributed by atoms with Crippen LogP contribution in [0.1, 0.15) is 30.1 Å². The molecule has 2 rings (SSSR count). The first-order valence-corrected chi connectivity index (χ1v) is 6.81. The van der Waals surface area contributed by atoms with Gasteiger partial charge in [-0.1, -0.05) is 0 Å². The number of aromatic nitrogens is 1. The number of carboxylic acids is 1. The molecule has 114 valence electrons. The van der Waals surface area contributed by atoms with E-state index in [1.165, 1.54) is 4.90 Å². The van der Waals surface area contributed by atoms with Crippen LogP contribution in [0.2, 0.25) is 0 Å². The molecule has 0 spiro atoms. The van der Waals surface area contributed by atoms with Crippen LogP contribution in [0.3, 0.4) is 0 Å². The van der Waals surface area contributed by atoms with Crippen LogP contribution < -0.4 is 4.74 Å². The van der Waals surface area contributed by atoms with Gasteiger partial charge in [-0.2, -0.15) is 0 Å². The molecule has 1 fully saturated rings. The first-order valence-electron chi connectivity index (χ1n) is 6.81. The number of aliphatic hydroxyl groups is 1. The van der Waals surface area contributed by atoms with Crippen LogP contribution in [0, 0.1) is 0 Å². The maximum atomic E-state index is 12.5. The van der Waals surface area contributed by atoms with Gasteiger partial charge in [-0.05, 0) is 19.1 Å². The summed E-state index contributed by atoms with van der Waals surface area (Å²) in [6, 6.07) is 3.27. The summed E-state index contributed by atoms with van der Waals surface area (Å²) in [4.78, 5) is 29.0. The number of ether oxygens (including phenoxy) is 1. The summed E-state index contributed by atoms with van der Waals surface area (Å²) in [6.45, 7) is 2.57. The van der Waals surface area contributed by atoms with Gasteiger partial charge >= 0.3 is 5.97 Å². The topological polar surface area (TPSA) is 100.0 Å². The average Bonchev–Trinajstić information content (AvgIpc) is 2.48. The molecule has 0 bridgehead atoms. The molecule has 1 aliphatic rings. The van der Waals surface area contributed by atoms with E-state index in [9.17, 15) is 14.7 Å². The molecule has 0 saturated carbocycles. The molecule has 0 unspecified atom stereocenters. The Morgan fingerprint density at radius 2 is 2.10 bits per heavy atom. The molecule has 1 aliphatic heterocycles. The Hall–Kier alpha value is -2.15. The second-order valence-electron chi connectivity index (χ2n) is 4.92. The van der Waals surface area contributed by atoms with Crippen molar-refractivity contribution in [1.29, 1.82) is 0 Å². The van der Waals surface area contributed by atoms with Crippen LogP contribution in [0.15, 0.2) is 18.3 Å². The SMILES string of the molecule is CCOc1ncccc1C(=O)N1CCC(O)(C(=O)O)CC1. The predicted octanol–water partition coefficient (Wildman–Crippen LogP) is 0.532. The molecule has 7 nitrogen and oxygen atoms in total. The average molecular weight is 294 g/mol. The highest BCUT2D eigenvalue weighted by Crippen LogP contribution is 2.25. The van der Waals surface area contributed by atoms with Crippen molar-refractivity contribution in [3.8, 4) is 5.88 Å². The summed E-state index contributed by atoms with van der Waals surface area (Å²) in [6.07, 6.45) is 1.57. The first-order chi connectivity index (χ1) is 9.98. The molecular weight excluding hydrogens is 276 g/mol. The van der Waals surface area contributed by atoms with E-state index < -0.39 is 11.6 Å². The fraction of sp³-hybridized carbons (Fsp3) is 0.500. The van der Waals surface area contributed by atoms with Crippen LogP contribution >= 0.6 is 0 Å². The predicted molar refractivity (Wildman–Crippen MR) is 73.1 cm³/mol.